The highest BCUT2D eigenvalue weighted by Crippen LogP contribution is 2.34. The van der Waals surface area contributed by atoms with E-state index in [4.69, 9.17) is 4.74 Å². The molecule has 2 aliphatic rings. The molecule has 1 atom stereocenters. The van der Waals surface area contributed by atoms with Crippen molar-refractivity contribution in [1.29, 1.82) is 0 Å². The summed E-state index contributed by atoms with van der Waals surface area (Å²) in [5, 5.41) is 4.06. The zero-order valence-electron chi connectivity index (χ0n) is 11.3. The van der Waals surface area contributed by atoms with Crippen LogP contribution in [0, 0.1) is 0 Å². The van der Waals surface area contributed by atoms with Gasteiger partial charge in [-0.1, -0.05) is 0 Å². The van der Waals surface area contributed by atoms with E-state index in [2.05, 4.69) is 10.5 Å². The van der Waals surface area contributed by atoms with Crippen molar-refractivity contribution in [3.05, 3.63) is 23.8 Å². The van der Waals surface area contributed by atoms with Crippen molar-refractivity contribution < 1.29 is 14.3 Å². The number of rotatable bonds is 1. The van der Waals surface area contributed by atoms with Gasteiger partial charge < -0.3 is 9.64 Å². The SMILES string of the molecule is C[C@@H]1Oc2ccc(C3=NNC(=O)CC3)cc2N(C)C1=O. The second-order valence-electron chi connectivity index (χ2n) is 4.93. The normalized spacial score (nSPS) is 21.8. The molecule has 3 rings (SSSR count). The number of carbonyl (C=O) groups excluding carboxylic acids is 2. The summed E-state index contributed by atoms with van der Waals surface area (Å²) in [6.45, 7) is 1.73. The van der Waals surface area contributed by atoms with Gasteiger partial charge in [-0.15, -0.1) is 0 Å². The second-order valence-corrected chi connectivity index (χ2v) is 4.93. The lowest BCUT2D eigenvalue weighted by Gasteiger charge is -2.30. The van der Waals surface area contributed by atoms with Crippen LogP contribution in [0.4, 0.5) is 5.69 Å². The van der Waals surface area contributed by atoms with E-state index < -0.39 is 6.10 Å². The van der Waals surface area contributed by atoms with Crippen LogP contribution < -0.4 is 15.1 Å². The van der Waals surface area contributed by atoms with E-state index in [1.807, 2.05) is 18.2 Å². The largest absolute Gasteiger partial charge is 0.479 e. The fourth-order valence-corrected chi connectivity index (χ4v) is 2.37. The van der Waals surface area contributed by atoms with Crippen molar-refractivity contribution >= 4 is 23.2 Å². The number of hydrogen-bond acceptors (Lipinski definition) is 4. The lowest BCUT2D eigenvalue weighted by molar-refractivity contribution is -0.125. The predicted molar refractivity (Wildman–Crippen MR) is 73.9 cm³/mol. The average molecular weight is 273 g/mol. The Morgan fingerprint density at radius 2 is 2.15 bits per heavy atom. The van der Waals surface area contributed by atoms with Crippen LogP contribution in [0.5, 0.6) is 5.75 Å². The molecule has 0 aliphatic carbocycles. The Bertz CT molecular complexity index is 624. The average Bonchev–Trinajstić information content (AvgIpc) is 2.46. The molecule has 6 nitrogen and oxygen atoms in total. The molecular formula is C14H15N3O3. The minimum absolute atomic E-state index is 0.0730. The molecule has 20 heavy (non-hydrogen) atoms. The number of anilines is 1. The van der Waals surface area contributed by atoms with Gasteiger partial charge in [0.1, 0.15) is 5.75 Å². The number of nitrogens with zero attached hydrogens (tertiary/aromatic N) is 2. The van der Waals surface area contributed by atoms with Crippen LogP contribution in [0.1, 0.15) is 25.3 Å². The minimum Gasteiger partial charge on any atom is -0.479 e. The summed E-state index contributed by atoms with van der Waals surface area (Å²) in [4.78, 5) is 24.6. The van der Waals surface area contributed by atoms with E-state index in [1.165, 1.54) is 0 Å². The van der Waals surface area contributed by atoms with Crippen molar-refractivity contribution in [3.8, 4) is 5.75 Å². The van der Waals surface area contributed by atoms with Crippen molar-refractivity contribution in [3.63, 3.8) is 0 Å². The molecule has 0 unspecified atom stereocenters. The van der Waals surface area contributed by atoms with Crippen LogP contribution in [0.3, 0.4) is 0 Å². The Labute approximate surface area is 116 Å². The highest BCUT2D eigenvalue weighted by atomic mass is 16.5. The van der Waals surface area contributed by atoms with Gasteiger partial charge in [0.2, 0.25) is 5.91 Å². The van der Waals surface area contributed by atoms with Gasteiger partial charge in [0.05, 0.1) is 11.4 Å². The maximum Gasteiger partial charge on any atom is 0.267 e. The summed E-state index contributed by atoms with van der Waals surface area (Å²) in [6.07, 6.45) is 0.558. The van der Waals surface area contributed by atoms with E-state index >= 15 is 0 Å². The fourth-order valence-electron chi connectivity index (χ4n) is 2.37. The Morgan fingerprint density at radius 3 is 2.85 bits per heavy atom. The molecule has 1 aromatic rings. The lowest BCUT2D eigenvalue weighted by atomic mass is 10.0. The van der Waals surface area contributed by atoms with Gasteiger partial charge in [0, 0.05) is 25.5 Å². The van der Waals surface area contributed by atoms with E-state index in [1.54, 1.807) is 18.9 Å². The Hall–Kier alpha value is -2.37. The molecule has 6 heteroatoms. The lowest BCUT2D eigenvalue weighted by Crippen LogP contribution is -2.42. The predicted octanol–water partition coefficient (Wildman–Crippen LogP) is 1.04. The standard InChI is InChI=1S/C14H15N3O3/c1-8-14(19)17(2)11-7-9(3-5-12(11)20-8)10-4-6-13(18)16-15-10/h3,5,7-8H,4,6H2,1-2H3,(H,16,18)/t8-/m0/s1. The monoisotopic (exact) mass is 273 g/mol. The Kier molecular flexibility index (Phi) is 2.93. The smallest absolute Gasteiger partial charge is 0.267 e. The van der Waals surface area contributed by atoms with Gasteiger partial charge in [-0.05, 0) is 25.1 Å². The number of benzene rings is 1. The first kappa shape index (κ1) is 12.7. The number of carbonyl (C=O) groups is 2. The second kappa shape index (κ2) is 4.63. The molecule has 0 saturated carbocycles. The Balaban J connectivity index is 1.97. The van der Waals surface area contributed by atoms with Crippen LogP contribution in [0.15, 0.2) is 23.3 Å². The quantitative estimate of drug-likeness (QED) is 0.831. The molecule has 2 aliphatic heterocycles. The first-order valence-corrected chi connectivity index (χ1v) is 6.50. The van der Waals surface area contributed by atoms with Gasteiger partial charge in [0.15, 0.2) is 6.10 Å². The molecular weight excluding hydrogens is 258 g/mol. The summed E-state index contributed by atoms with van der Waals surface area (Å²) in [6, 6.07) is 5.60. The first-order valence-electron chi connectivity index (χ1n) is 6.50. The molecule has 2 amide bonds. The van der Waals surface area contributed by atoms with Crippen LogP contribution >= 0.6 is 0 Å². The number of fused-ring (bicyclic) bond motifs is 1. The highest BCUT2D eigenvalue weighted by molar-refractivity contribution is 6.06. The number of nitrogens with one attached hydrogen (secondary N) is 1. The van der Waals surface area contributed by atoms with Crippen LogP contribution in [0.2, 0.25) is 0 Å². The van der Waals surface area contributed by atoms with Crippen molar-refractivity contribution in [2.24, 2.45) is 5.10 Å². The van der Waals surface area contributed by atoms with Gasteiger partial charge in [-0.2, -0.15) is 5.10 Å². The molecule has 2 heterocycles. The molecule has 0 aromatic heterocycles. The Morgan fingerprint density at radius 1 is 1.35 bits per heavy atom. The highest BCUT2D eigenvalue weighted by Gasteiger charge is 2.29. The van der Waals surface area contributed by atoms with E-state index in [-0.39, 0.29) is 11.8 Å². The minimum atomic E-state index is -0.468. The van der Waals surface area contributed by atoms with E-state index in [9.17, 15) is 9.59 Å². The van der Waals surface area contributed by atoms with Crippen molar-refractivity contribution in [1.82, 2.24) is 5.43 Å². The maximum absolute atomic E-state index is 11.9. The molecule has 1 N–H and O–H groups in total. The topological polar surface area (TPSA) is 71.0 Å². The molecule has 0 fully saturated rings. The summed E-state index contributed by atoms with van der Waals surface area (Å²) in [7, 11) is 1.73. The molecule has 0 bridgehead atoms. The van der Waals surface area contributed by atoms with Crippen LogP contribution in [-0.2, 0) is 9.59 Å². The molecule has 0 radical (unpaired) electrons. The van der Waals surface area contributed by atoms with Gasteiger partial charge in [-0.3, -0.25) is 9.59 Å². The zero-order chi connectivity index (χ0) is 14.3. The summed E-state index contributed by atoms with van der Waals surface area (Å²) in [5.74, 6) is 0.536. The maximum atomic E-state index is 11.9. The summed E-state index contributed by atoms with van der Waals surface area (Å²) >= 11 is 0. The molecule has 104 valence electrons. The fraction of sp³-hybridized carbons (Fsp3) is 0.357. The number of amides is 2. The molecule has 0 saturated heterocycles. The summed E-state index contributed by atoms with van der Waals surface area (Å²) in [5.41, 5.74) is 4.90. The van der Waals surface area contributed by atoms with Gasteiger partial charge in [0.25, 0.3) is 5.91 Å². The third-order valence-corrected chi connectivity index (χ3v) is 3.54. The number of ether oxygens (including phenoxy) is 1. The van der Waals surface area contributed by atoms with Gasteiger partial charge in [-0.25, -0.2) is 5.43 Å². The third-order valence-electron chi connectivity index (χ3n) is 3.54. The van der Waals surface area contributed by atoms with E-state index in [0.29, 0.717) is 18.6 Å². The van der Waals surface area contributed by atoms with Crippen molar-refractivity contribution in [2.75, 3.05) is 11.9 Å². The number of likely N-dealkylation sites (N-methyl/N-ethyl adjacent to an activating group) is 1. The number of hydrazone groups is 1. The van der Waals surface area contributed by atoms with Crippen LogP contribution in [0.25, 0.3) is 0 Å². The number of hydrogen-bond donors (Lipinski definition) is 1. The molecule has 0 spiro atoms. The summed E-state index contributed by atoms with van der Waals surface area (Å²) < 4.78 is 5.57. The van der Waals surface area contributed by atoms with Crippen molar-refractivity contribution in [2.45, 2.75) is 25.9 Å². The van der Waals surface area contributed by atoms with Gasteiger partial charge >= 0.3 is 0 Å². The van der Waals surface area contributed by atoms with E-state index in [0.717, 1.165) is 17.0 Å². The first-order chi connectivity index (χ1) is 9.56. The van der Waals surface area contributed by atoms with Crippen LogP contribution in [-0.4, -0.2) is 30.7 Å². The zero-order valence-corrected chi connectivity index (χ0v) is 11.3. The molecule has 1 aromatic carbocycles. The third kappa shape index (κ3) is 2.03.